The van der Waals surface area contributed by atoms with Gasteiger partial charge in [0, 0.05) is 11.3 Å². The largest absolute Gasteiger partial charge is 0.294 e. The highest BCUT2D eigenvalue weighted by atomic mass is 32.1. The number of carbonyl (C=O) groups excluding carboxylic acids is 1. The molecule has 0 bridgehead atoms. The second kappa shape index (κ2) is 4.58. The summed E-state index contributed by atoms with van der Waals surface area (Å²) in [6.45, 7) is 1.98. The van der Waals surface area contributed by atoms with E-state index >= 15 is 0 Å². The quantitative estimate of drug-likeness (QED) is 0.741. The van der Waals surface area contributed by atoms with E-state index in [1.165, 1.54) is 23.5 Å². The van der Waals surface area contributed by atoms with Gasteiger partial charge in [0.2, 0.25) is 0 Å². The van der Waals surface area contributed by atoms with Crippen molar-refractivity contribution in [1.82, 2.24) is 0 Å². The van der Waals surface area contributed by atoms with Crippen molar-refractivity contribution >= 4 is 17.1 Å². The molecule has 0 N–H and O–H groups in total. The molecular formula is C13H11FOS. The van der Waals surface area contributed by atoms with Crippen molar-refractivity contribution in [2.75, 3.05) is 0 Å². The van der Waals surface area contributed by atoms with Gasteiger partial charge in [-0.1, -0.05) is 12.1 Å². The molecule has 1 nitrogen and oxygen atoms in total. The molecule has 0 amide bonds. The molecular weight excluding hydrogens is 223 g/mol. The monoisotopic (exact) mass is 234 g/mol. The summed E-state index contributed by atoms with van der Waals surface area (Å²) >= 11 is 1.54. The van der Waals surface area contributed by atoms with Crippen molar-refractivity contribution < 1.29 is 9.18 Å². The van der Waals surface area contributed by atoms with Gasteiger partial charge < -0.3 is 0 Å². The molecule has 0 spiro atoms. The lowest BCUT2D eigenvalue weighted by Crippen LogP contribution is -2.04. The average molecular weight is 234 g/mol. The van der Waals surface area contributed by atoms with Crippen LogP contribution in [0, 0.1) is 12.7 Å². The van der Waals surface area contributed by atoms with Crippen LogP contribution in [0.4, 0.5) is 4.39 Å². The Morgan fingerprint density at radius 1 is 1.38 bits per heavy atom. The van der Waals surface area contributed by atoms with Gasteiger partial charge in [-0.2, -0.15) is 0 Å². The Morgan fingerprint density at radius 2 is 2.12 bits per heavy atom. The summed E-state index contributed by atoms with van der Waals surface area (Å²) in [7, 11) is 0. The highest BCUT2D eigenvalue weighted by Gasteiger charge is 2.12. The van der Waals surface area contributed by atoms with E-state index < -0.39 is 5.82 Å². The summed E-state index contributed by atoms with van der Waals surface area (Å²) in [5.74, 6) is -0.610. The van der Waals surface area contributed by atoms with E-state index in [4.69, 9.17) is 0 Å². The van der Waals surface area contributed by atoms with Gasteiger partial charge in [-0.25, -0.2) is 4.39 Å². The van der Waals surface area contributed by atoms with Crippen LogP contribution >= 0.6 is 11.3 Å². The smallest absolute Gasteiger partial charge is 0.170 e. The number of Topliss-reactive ketones (excluding diaryl/α,β-unsaturated/α-hetero) is 1. The van der Waals surface area contributed by atoms with Gasteiger partial charge in [0.1, 0.15) is 5.82 Å². The zero-order chi connectivity index (χ0) is 11.5. The first-order valence-electron chi connectivity index (χ1n) is 4.98. The van der Waals surface area contributed by atoms with Crippen LogP contribution in [0.2, 0.25) is 0 Å². The van der Waals surface area contributed by atoms with E-state index in [-0.39, 0.29) is 17.8 Å². The van der Waals surface area contributed by atoms with Crippen molar-refractivity contribution in [2.24, 2.45) is 0 Å². The molecule has 1 heterocycles. The molecule has 0 aliphatic carbocycles. The molecule has 0 fully saturated rings. The van der Waals surface area contributed by atoms with E-state index in [1.807, 2.05) is 18.4 Å². The SMILES string of the molecule is Cc1csc(CC(=O)c2ccccc2F)c1. The fraction of sp³-hybridized carbons (Fsp3) is 0.154. The Bertz CT molecular complexity index is 516. The number of aryl methyl sites for hydroxylation is 1. The Morgan fingerprint density at radius 3 is 2.75 bits per heavy atom. The molecule has 2 aromatic rings. The van der Waals surface area contributed by atoms with Crippen LogP contribution in [0.25, 0.3) is 0 Å². The first-order valence-corrected chi connectivity index (χ1v) is 5.86. The molecule has 0 aliphatic rings. The minimum Gasteiger partial charge on any atom is -0.294 e. The molecule has 0 atom stereocenters. The fourth-order valence-corrected chi connectivity index (χ4v) is 2.40. The van der Waals surface area contributed by atoms with Crippen molar-refractivity contribution in [3.63, 3.8) is 0 Å². The molecule has 2 rings (SSSR count). The summed E-state index contributed by atoms with van der Waals surface area (Å²) in [5, 5.41) is 1.99. The maximum absolute atomic E-state index is 13.3. The Labute approximate surface area is 97.6 Å². The summed E-state index contributed by atoms with van der Waals surface area (Å²) in [6.07, 6.45) is 0.277. The predicted octanol–water partition coefficient (Wildman–Crippen LogP) is 3.62. The first-order chi connectivity index (χ1) is 7.66. The minimum absolute atomic E-state index is 0.167. The average Bonchev–Trinajstić information content (AvgIpc) is 2.64. The molecule has 1 aromatic heterocycles. The summed E-state index contributed by atoms with van der Waals surface area (Å²) in [6, 6.07) is 8.06. The maximum Gasteiger partial charge on any atom is 0.170 e. The van der Waals surface area contributed by atoms with Crippen molar-refractivity contribution in [3.8, 4) is 0 Å². The molecule has 0 unspecified atom stereocenters. The minimum atomic E-state index is -0.444. The maximum atomic E-state index is 13.3. The van der Waals surface area contributed by atoms with Gasteiger partial charge in [-0.3, -0.25) is 4.79 Å². The lowest BCUT2D eigenvalue weighted by molar-refractivity contribution is 0.0990. The summed E-state index contributed by atoms with van der Waals surface area (Å²) in [4.78, 5) is 12.8. The van der Waals surface area contributed by atoms with E-state index in [1.54, 1.807) is 12.1 Å². The van der Waals surface area contributed by atoms with Crippen LogP contribution in [0.3, 0.4) is 0 Å². The Kier molecular flexibility index (Phi) is 3.15. The summed E-state index contributed by atoms with van der Waals surface area (Å²) in [5.41, 5.74) is 1.31. The zero-order valence-electron chi connectivity index (χ0n) is 8.87. The predicted molar refractivity (Wildman–Crippen MR) is 63.5 cm³/mol. The molecule has 0 radical (unpaired) electrons. The molecule has 82 valence electrons. The zero-order valence-corrected chi connectivity index (χ0v) is 9.68. The van der Waals surface area contributed by atoms with E-state index in [2.05, 4.69) is 0 Å². The number of hydrogen-bond donors (Lipinski definition) is 0. The first kappa shape index (κ1) is 11.0. The second-order valence-electron chi connectivity index (χ2n) is 3.67. The van der Waals surface area contributed by atoms with E-state index in [0.29, 0.717) is 0 Å². The fourth-order valence-electron chi connectivity index (χ4n) is 1.52. The summed E-state index contributed by atoms with van der Waals surface area (Å²) < 4.78 is 13.3. The van der Waals surface area contributed by atoms with Crippen molar-refractivity contribution in [1.29, 1.82) is 0 Å². The third-order valence-electron chi connectivity index (χ3n) is 2.29. The van der Waals surface area contributed by atoms with Gasteiger partial charge in [0.05, 0.1) is 5.56 Å². The lowest BCUT2D eigenvalue weighted by Gasteiger charge is -2.00. The number of ketones is 1. The van der Waals surface area contributed by atoms with Crippen LogP contribution < -0.4 is 0 Å². The van der Waals surface area contributed by atoms with Crippen LogP contribution in [-0.2, 0) is 6.42 Å². The van der Waals surface area contributed by atoms with Crippen LogP contribution in [0.5, 0.6) is 0 Å². The van der Waals surface area contributed by atoms with Crippen molar-refractivity contribution in [3.05, 3.63) is 57.5 Å². The molecule has 16 heavy (non-hydrogen) atoms. The van der Waals surface area contributed by atoms with E-state index in [0.717, 1.165) is 10.4 Å². The topological polar surface area (TPSA) is 17.1 Å². The molecule has 0 aliphatic heterocycles. The standard InChI is InChI=1S/C13H11FOS/c1-9-6-10(16-8-9)7-13(15)11-4-2-3-5-12(11)14/h2-6,8H,7H2,1H3. The van der Waals surface area contributed by atoms with Gasteiger partial charge in [-0.05, 0) is 36.1 Å². The Hall–Kier alpha value is -1.48. The molecule has 0 saturated carbocycles. The highest BCUT2D eigenvalue weighted by molar-refractivity contribution is 7.10. The number of hydrogen-bond acceptors (Lipinski definition) is 2. The van der Waals surface area contributed by atoms with Crippen molar-refractivity contribution in [2.45, 2.75) is 13.3 Å². The Balaban J connectivity index is 2.18. The highest BCUT2D eigenvalue weighted by Crippen LogP contribution is 2.17. The van der Waals surface area contributed by atoms with E-state index in [9.17, 15) is 9.18 Å². The van der Waals surface area contributed by atoms with Gasteiger partial charge in [-0.15, -0.1) is 11.3 Å². The number of benzene rings is 1. The lowest BCUT2D eigenvalue weighted by atomic mass is 10.1. The van der Waals surface area contributed by atoms with Gasteiger partial charge in [0.25, 0.3) is 0 Å². The third kappa shape index (κ3) is 2.36. The molecule has 3 heteroatoms. The number of thiophene rings is 1. The normalized spacial score (nSPS) is 10.4. The number of rotatable bonds is 3. The van der Waals surface area contributed by atoms with Gasteiger partial charge in [0.15, 0.2) is 5.78 Å². The molecule has 0 saturated heterocycles. The number of halogens is 1. The van der Waals surface area contributed by atoms with Crippen LogP contribution in [-0.4, -0.2) is 5.78 Å². The number of carbonyl (C=O) groups is 1. The van der Waals surface area contributed by atoms with Crippen LogP contribution in [0.1, 0.15) is 20.8 Å². The van der Waals surface area contributed by atoms with Crippen LogP contribution in [0.15, 0.2) is 35.7 Å². The molecule has 1 aromatic carbocycles. The van der Waals surface area contributed by atoms with Gasteiger partial charge >= 0.3 is 0 Å². The third-order valence-corrected chi connectivity index (χ3v) is 3.35. The second-order valence-corrected chi connectivity index (χ2v) is 4.67.